The average molecular weight is 498 g/mol. The number of likely N-dealkylation sites (tertiary alicyclic amines) is 1. The van der Waals surface area contributed by atoms with Crippen LogP contribution in [0.15, 0.2) is 78.9 Å². The highest BCUT2D eigenvalue weighted by atomic mass is 16.7. The number of carbonyl (C=O) groups is 1. The van der Waals surface area contributed by atoms with Crippen molar-refractivity contribution in [2.24, 2.45) is 5.92 Å². The molecule has 3 aromatic rings. The van der Waals surface area contributed by atoms with E-state index in [1.54, 1.807) is 0 Å². The van der Waals surface area contributed by atoms with E-state index in [9.17, 15) is 4.79 Å². The van der Waals surface area contributed by atoms with Gasteiger partial charge in [-0.25, -0.2) is 0 Å². The van der Waals surface area contributed by atoms with Crippen LogP contribution in [-0.2, 0) is 11.3 Å². The molecule has 37 heavy (non-hydrogen) atoms. The van der Waals surface area contributed by atoms with Crippen molar-refractivity contribution in [3.8, 4) is 11.5 Å². The maximum absolute atomic E-state index is 13.4. The van der Waals surface area contributed by atoms with E-state index in [0.29, 0.717) is 12.7 Å². The van der Waals surface area contributed by atoms with Crippen LogP contribution >= 0.6 is 0 Å². The molecule has 3 heterocycles. The Kier molecular flexibility index (Phi) is 7.11. The van der Waals surface area contributed by atoms with Gasteiger partial charge >= 0.3 is 0 Å². The van der Waals surface area contributed by atoms with E-state index in [1.807, 2.05) is 6.07 Å². The smallest absolute Gasteiger partial charge is 0.231 e. The first-order chi connectivity index (χ1) is 18.2. The lowest BCUT2D eigenvalue weighted by molar-refractivity contribution is -0.139. The minimum atomic E-state index is 0.138. The SMILES string of the molecule is O=C(C1CCN(Cc2ccc3c(c2)OCO3)CC1)N1CCN(C(c2ccccc2)c2ccccc2)CC1. The molecule has 2 fully saturated rings. The largest absolute Gasteiger partial charge is 0.454 e. The van der Waals surface area contributed by atoms with Gasteiger partial charge in [-0.3, -0.25) is 14.6 Å². The van der Waals surface area contributed by atoms with Gasteiger partial charge in [0.25, 0.3) is 0 Å². The summed E-state index contributed by atoms with van der Waals surface area (Å²) in [4.78, 5) is 20.5. The van der Waals surface area contributed by atoms with Crippen LogP contribution in [0, 0.1) is 5.92 Å². The number of hydrogen-bond donors (Lipinski definition) is 0. The monoisotopic (exact) mass is 497 g/mol. The number of rotatable bonds is 6. The van der Waals surface area contributed by atoms with Gasteiger partial charge in [-0.05, 0) is 54.8 Å². The van der Waals surface area contributed by atoms with Gasteiger partial charge in [0.05, 0.1) is 6.04 Å². The van der Waals surface area contributed by atoms with E-state index in [-0.39, 0.29) is 12.0 Å². The summed E-state index contributed by atoms with van der Waals surface area (Å²) in [6.45, 7) is 6.48. The highest BCUT2D eigenvalue weighted by Crippen LogP contribution is 2.34. The first-order valence-corrected chi connectivity index (χ1v) is 13.5. The maximum Gasteiger partial charge on any atom is 0.231 e. The predicted octanol–water partition coefficient (Wildman–Crippen LogP) is 4.56. The first kappa shape index (κ1) is 24.0. The molecule has 0 aromatic heterocycles. The van der Waals surface area contributed by atoms with Gasteiger partial charge in [0.2, 0.25) is 12.7 Å². The summed E-state index contributed by atoms with van der Waals surface area (Å²) < 4.78 is 10.9. The standard InChI is InChI=1S/C31H35N3O3/c35-31(27-13-15-32(16-14-27)22-24-11-12-28-29(21-24)37-23-36-28)34-19-17-33(18-20-34)30(25-7-3-1-4-8-25)26-9-5-2-6-10-26/h1-12,21,27,30H,13-20,22-23H2. The third kappa shape index (κ3) is 5.36. The van der Waals surface area contributed by atoms with Crippen LogP contribution in [0.5, 0.6) is 11.5 Å². The Balaban J connectivity index is 1.03. The van der Waals surface area contributed by atoms with Gasteiger partial charge in [0.15, 0.2) is 11.5 Å². The highest BCUT2D eigenvalue weighted by Gasteiger charge is 2.32. The quantitative estimate of drug-likeness (QED) is 0.500. The lowest BCUT2D eigenvalue weighted by Crippen LogP contribution is -2.52. The number of hydrogen-bond acceptors (Lipinski definition) is 5. The third-order valence-electron chi connectivity index (χ3n) is 8.00. The Hall–Kier alpha value is -3.35. The number of fused-ring (bicyclic) bond motifs is 1. The van der Waals surface area contributed by atoms with Crippen molar-refractivity contribution in [3.05, 3.63) is 95.6 Å². The second-order valence-corrected chi connectivity index (χ2v) is 10.3. The van der Waals surface area contributed by atoms with Crippen LogP contribution < -0.4 is 9.47 Å². The zero-order chi connectivity index (χ0) is 25.0. The second-order valence-electron chi connectivity index (χ2n) is 10.3. The van der Waals surface area contributed by atoms with E-state index >= 15 is 0 Å². The molecule has 3 aromatic carbocycles. The molecule has 0 N–H and O–H groups in total. The minimum absolute atomic E-state index is 0.138. The van der Waals surface area contributed by atoms with E-state index in [0.717, 1.165) is 70.2 Å². The van der Waals surface area contributed by atoms with Crippen molar-refractivity contribution >= 4 is 5.91 Å². The molecule has 3 aliphatic heterocycles. The summed E-state index contributed by atoms with van der Waals surface area (Å²) in [5.41, 5.74) is 3.85. The zero-order valence-corrected chi connectivity index (χ0v) is 21.3. The van der Waals surface area contributed by atoms with Gasteiger partial charge in [-0.2, -0.15) is 0 Å². The number of piperazine rings is 1. The van der Waals surface area contributed by atoms with E-state index < -0.39 is 0 Å². The van der Waals surface area contributed by atoms with Crippen molar-refractivity contribution in [2.45, 2.75) is 25.4 Å². The first-order valence-electron chi connectivity index (χ1n) is 13.5. The fourth-order valence-electron chi connectivity index (χ4n) is 5.98. The summed E-state index contributed by atoms with van der Waals surface area (Å²) in [5, 5.41) is 0. The number of carbonyl (C=O) groups excluding carboxylic acids is 1. The van der Waals surface area contributed by atoms with Crippen LogP contribution in [0.1, 0.15) is 35.6 Å². The summed E-state index contributed by atoms with van der Waals surface area (Å²) >= 11 is 0. The molecule has 0 atom stereocenters. The molecule has 3 aliphatic rings. The normalized spacial score (nSPS) is 18.9. The molecule has 192 valence electrons. The number of piperidine rings is 1. The third-order valence-corrected chi connectivity index (χ3v) is 8.00. The van der Waals surface area contributed by atoms with E-state index in [4.69, 9.17) is 9.47 Å². The number of benzene rings is 3. The molecule has 2 saturated heterocycles. The average Bonchev–Trinajstić information content (AvgIpc) is 3.43. The lowest BCUT2D eigenvalue weighted by atomic mass is 9.94. The molecule has 6 nitrogen and oxygen atoms in total. The fourth-order valence-corrected chi connectivity index (χ4v) is 5.98. The molecule has 6 heteroatoms. The molecule has 0 unspecified atom stereocenters. The molecule has 0 radical (unpaired) electrons. The highest BCUT2D eigenvalue weighted by molar-refractivity contribution is 5.79. The Morgan fingerprint density at radius 3 is 2.03 bits per heavy atom. The summed E-state index contributed by atoms with van der Waals surface area (Å²) in [5.74, 6) is 2.15. The molecule has 6 rings (SSSR count). The molecule has 0 aliphatic carbocycles. The van der Waals surface area contributed by atoms with E-state index in [2.05, 4.69) is 87.5 Å². The van der Waals surface area contributed by atoms with Gasteiger partial charge in [-0.15, -0.1) is 0 Å². The number of nitrogens with zero attached hydrogens (tertiary/aromatic N) is 3. The second kappa shape index (κ2) is 11.0. The van der Waals surface area contributed by atoms with Crippen molar-refractivity contribution in [3.63, 3.8) is 0 Å². The van der Waals surface area contributed by atoms with Gasteiger partial charge in [0.1, 0.15) is 0 Å². The molecule has 0 saturated carbocycles. The van der Waals surface area contributed by atoms with Gasteiger partial charge in [-0.1, -0.05) is 66.7 Å². The van der Waals surface area contributed by atoms with Crippen molar-refractivity contribution in [1.29, 1.82) is 0 Å². The summed E-state index contributed by atoms with van der Waals surface area (Å²) in [7, 11) is 0. The van der Waals surface area contributed by atoms with Crippen LogP contribution in [0.25, 0.3) is 0 Å². The molecule has 0 spiro atoms. The molecular formula is C31H35N3O3. The zero-order valence-electron chi connectivity index (χ0n) is 21.3. The van der Waals surface area contributed by atoms with Gasteiger partial charge in [0, 0.05) is 38.6 Å². The Morgan fingerprint density at radius 1 is 0.757 bits per heavy atom. The minimum Gasteiger partial charge on any atom is -0.454 e. The molecular weight excluding hydrogens is 462 g/mol. The Morgan fingerprint density at radius 2 is 1.38 bits per heavy atom. The van der Waals surface area contributed by atoms with Gasteiger partial charge < -0.3 is 14.4 Å². The van der Waals surface area contributed by atoms with E-state index in [1.165, 1.54) is 16.7 Å². The fraction of sp³-hybridized carbons (Fsp3) is 0.387. The van der Waals surface area contributed by atoms with Crippen LogP contribution in [-0.4, -0.2) is 66.7 Å². The van der Waals surface area contributed by atoms with Crippen molar-refractivity contribution < 1.29 is 14.3 Å². The van der Waals surface area contributed by atoms with Crippen LogP contribution in [0.4, 0.5) is 0 Å². The van der Waals surface area contributed by atoms with Crippen molar-refractivity contribution in [2.75, 3.05) is 46.1 Å². The lowest BCUT2D eigenvalue weighted by Gasteiger charge is -2.41. The number of amides is 1. The molecule has 1 amide bonds. The van der Waals surface area contributed by atoms with Crippen molar-refractivity contribution in [1.82, 2.24) is 14.7 Å². The molecule has 0 bridgehead atoms. The topological polar surface area (TPSA) is 45.3 Å². The van der Waals surface area contributed by atoms with Crippen LogP contribution in [0.3, 0.4) is 0 Å². The summed E-state index contributed by atoms with van der Waals surface area (Å²) in [6.07, 6.45) is 1.86. The van der Waals surface area contributed by atoms with Crippen LogP contribution in [0.2, 0.25) is 0 Å². The summed E-state index contributed by atoms with van der Waals surface area (Å²) in [6, 6.07) is 27.9. The Bertz CT molecular complexity index is 1150. The Labute approximate surface area is 219 Å². The number of ether oxygens (including phenoxy) is 2. The maximum atomic E-state index is 13.4. The predicted molar refractivity (Wildman–Crippen MR) is 143 cm³/mol.